The maximum absolute atomic E-state index is 11.2. The summed E-state index contributed by atoms with van der Waals surface area (Å²) in [4.78, 5) is 25.1. The average molecular weight is 269 g/mol. The molecule has 0 fully saturated rings. The molecule has 0 aliphatic rings. The minimum absolute atomic E-state index is 0.0145. The van der Waals surface area contributed by atoms with Crippen molar-refractivity contribution in [3.8, 4) is 0 Å². The first-order valence-corrected chi connectivity index (χ1v) is 4.58. The Kier molecular flexibility index (Phi) is 3.73. The lowest BCUT2D eigenvalue weighted by molar-refractivity contribution is 0.0638. The molecule has 80 valence electrons. The van der Waals surface area contributed by atoms with E-state index in [0.717, 1.165) is 0 Å². The summed E-state index contributed by atoms with van der Waals surface area (Å²) >= 11 is 16.7. The molecule has 0 bridgehead atoms. The highest BCUT2D eigenvalue weighted by atomic mass is 35.5. The third-order valence-electron chi connectivity index (χ3n) is 1.29. The highest BCUT2D eigenvalue weighted by Crippen LogP contribution is 2.26. The molecule has 0 saturated carbocycles. The summed E-state index contributed by atoms with van der Waals surface area (Å²) in [6.07, 6.45) is -1.26. The van der Waals surface area contributed by atoms with E-state index in [0.29, 0.717) is 0 Å². The summed E-state index contributed by atoms with van der Waals surface area (Å²) in [5.41, 5.74) is 4.38. The average Bonchev–Trinajstić information content (AvgIpc) is 1.99. The Morgan fingerprint density at radius 3 is 2.40 bits per heavy atom. The van der Waals surface area contributed by atoms with Crippen molar-refractivity contribution in [1.82, 2.24) is 4.98 Å². The largest absolute Gasteiger partial charge is 0.412 e. The Hall–Kier alpha value is -1.04. The summed E-state index contributed by atoms with van der Waals surface area (Å²) < 4.78 is 4.09. The lowest BCUT2D eigenvalue weighted by Crippen LogP contribution is -2.19. The number of ether oxygens (including phenoxy) is 1. The van der Waals surface area contributed by atoms with Gasteiger partial charge < -0.3 is 10.5 Å². The van der Waals surface area contributed by atoms with Crippen LogP contribution in [0.5, 0.6) is 0 Å². The van der Waals surface area contributed by atoms with E-state index in [1.54, 1.807) is 0 Å². The zero-order valence-electron chi connectivity index (χ0n) is 6.96. The van der Waals surface area contributed by atoms with Crippen molar-refractivity contribution in [3.63, 3.8) is 0 Å². The van der Waals surface area contributed by atoms with Crippen LogP contribution in [0.3, 0.4) is 0 Å². The lowest BCUT2D eigenvalue weighted by atomic mass is 10.3. The first kappa shape index (κ1) is 12.0. The van der Waals surface area contributed by atoms with Crippen molar-refractivity contribution in [2.75, 3.05) is 0 Å². The predicted molar refractivity (Wildman–Crippen MR) is 54.3 cm³/mol. The van der Waals surface area contributed by atoms with Crippen molar-refractivity contribution < 1.29 is 14.3 Å². The number of rotatable bonds is 1. The van der Waals surface area contributed by atoms with Gasteiger partial charge in [0.25, 0.3) is 0 Å². The molecule has 1 aromatic heterocycles. The summed E-state index contributed by atoms with van der Waals surface area (Å²) in [5.74, 6) is -1.08. The highest BCUT2D eigenvalue weighted by molar-refractivity contribution is 6.40. The van der Waals surface area contributed by atoms with Crippen molar-refractivity contribution >= 4 is 46.9 Å². The van der Waals surface area contributed by atoms with E-state index < -0.39 is 12.1 Å². The Bertz CT molecular complexity index is 412. The number of halogens is 3. The molecule has 1 amide bonds. The zero-order chi connectivity index (χ0) is 11.6. The van der Waals surface area contributed by atoms with Crippen LogP contribution in [0.4, 0.5) is 4.79 Å². The number of amides is 1. The summed E-state index contributed by atoms with van der Waals surface area (Å²) in [5, 5.41) is -0.328. The van der Waals surface area contributed by atoms with E-state index in [2.05, 4.69) is 15.5 Å². The Morgan fingerprint density at radius 2 is 1.93 bits per heavy atom. The molecule has 2 N–H and O–H groups in total. The number of hydrogen-bond acceptors (Lipinski definition) is 4. The summed E-state index contributed by atoms with van der Waals surface area (Å²) in [7, 11) is 0. The van der Waals surface area contributed by atoms with Crippen molar-refractivity contribution in [1.29, 1.82) is 0 Å². The molecule has 8 heteroatoms. The van der Waals surface area contributed by atoms with E-state index in [4.69, 9.17) is 34.8 Å². The molecule has 15 heavy (non-hydrogen) atoms. The molecule has 1 heterocycles. The molecule has 0 radical (unpaired) electrons. The number of hydrogen-bond donors (Lipinski definition) is 1. The second-order valence-electron chi connectivity index (χ2n) is 2.30. The molecule has 0 unspecified atom stereocenters. The minimum atomic E-state index is -1.26. The SMILES string of the molecule is NC(=O)OC(=O)c1c(Cl)cc(Cl)nc1Cl. The van der Waals surface area contributed by atoms with Gasteiger partial charge >= 0.3 is 12.1 Å². The Morgan fingerprint density at radius 1 is 1.33 bits per heavy atom. The molecule has 0 saturated heterocycles. The summed E-state index contributed by atoms with van der Waals surface area (Å²) in [6.45, 7) is 0. The Labute approximate surface area is 99.1 Å². The second kappa shape index (κ2) is 4.65. The molecule has 0 aromatic carbocycles. The van der Waals surface area contributed by atoms with Gasteiger partial charge in [-0.2, -0.15) is 0 Å². The van der Waals surface area contributed by atoms with Crippen LogP contribution in [-0.4, -0.2) is 17.0 Å². The standard InChI is InChI=1S/C7H3Cl3N2O3/c8-2-1-3(9)12-5(10)4(2)6(13)15-7(11)14/h1H,(H2,11,14). The molecule has 0 spiro atoms. The number of esters is 1. The third kappa shape index (κ3) is 2.95. The van der Waals surface area contributed by atoms with E-state index in [1.165, 1.54) is 6.07 Å². The number of aromatic nitrogens is 1. The van der Waals surface area contributed by atoms with Gasteiger partial charge in [0.15, 0.2) is 0 Å². The van der Waals surface area contributed by atoms with Crippen LogP contribution in [-0.2, 0) is 4.74 Å². The maximum Gasteiger partial charge on any atom is 0.412 e. The topological polar surface area (TPSA) is 82.3 Å². The minimum Gasteiger partial charge on any atom is -0.373 e. The van der Waals surface area contributed by atoms with Gasteiger partial charge in [-0.1, -0.05) is 34.8 Å². The predicted octanol–water partition coefficient (Wildman–Crippen LogP) is 2.28. The van der Waals surface area contributed by atoms with Gasteiger partial charge in [-0.25, -0.2) is 14.6 Å². The van der Waals surface area contributed by atoms with Gasteiger partial charge in [0.2, 0.25) is 0 Å². The van der Waals surface area contributed by atoms with E-state index in [-0.39, 0.29) is 20.9 Å². The number of nitrogens with zero attached hydrogens (tertiary/aromatic N) is 1. The van der Waals surface area contributed by atoms with Crippen LogP contribution >= 0.6 is 34.8 Å². The van der Waals surface area contributed by atoms with Crippen molar-refractivity contribution in [3.05, 3.63) is 27.0 Å². The number of pyridine rings is 1. The molecule has 0 aliphatic carbocycles. The summed E-state index contributed by atoms with van der Waals surface area (Å²) in [6, 6.07) is 1.19. The van der Waals surface area contributed by atoms with Crippen LogP contribution in [0.1, 0.15) is 10.4 Å². The molecule has 0 atom stereocenters. The molecule has 0 aliphatic heterocycles. The van der Waals surface area contributed by atoms with Crippen LogP contribution in [0.25, 0.3) is 0 Å². The van der Waals surface area contributed by atoms with Crippen LogP contribution in [0.2, 0.25) is 15.3 Å². The van der Waals surface area contributed by atoms with Gasteiger partial charge in [-0.05, 0) is 6.07 Å². The number of primary amides is 1. The number of nitrogens with two attached hydrogens (primary N) is 1. The number of carbonyl (C=O) groups is 2. The van der Waals surface area contributed by atoms with E-state index in [9.17, 15) is 9.59 Å². The van der Waals surface area contributed by atoms with Gasteiger partial charge in [0.1, 0.15) is 15.9 Å². The van der Waals surface area contributed by atoms with Crippen LogP contribution in [0, 0.1) is 0 Å². The fourth-order valence-corrected chi connectivity index (χ4v) is 1.66. The fraction of sp³-hybridized carbons (Fsp3) is 0. The normalized spacial score (nSPS) is 9.80. The van der Waals surface area contributed by atoms with Crippen molar-refractivity contribution in [2.45, 2.75) is 0 Å². The first-order chi connectivity index (χ1) is 6.91. The zero-order valence-corrected chi connectivity index (χ0v) is 9.23. The maximum atomic E-state index is 11.2. The fourth-order valence-electron chi connectivity index (χ4n) is 0.781. The van der Waals surface area contributed by atoms with E-state index >= 15 is 0 Å². The molecule has 1 rings (SSSR count). The smallest absolute Gasteiger partial charge is 0.373 e. The molecule has 5 nitrogen and oxygen atoms in total. The quantitative estimate of drug-likeness (QED) is 0.481. The van der Waals surface area contributed by atoms with Crippen LogP contribution < -0.4 is 5.73 Å². The van der Waals surface area contributed by atoms with E-state index in [1.807, 2.05) is 0 Å². The third-order valence-corrected chi connectivity index (χ3v) is 2.06. The van der Waals surface area contributed by atoms with Gasteiger partial charge in [0, 0.05) is 0 Å². The molecular formula is C7H3Cl3N2O3. The highest BCUT2D eigenvalue weighted by Gasteiger charge is 2.20. The van der Waals surface area contributed by atoms with Crippen molar-refractivity contribution in [2.24, 2.45) is 5.73 Å². The second-order valence-corrected chi connectivity index (χ2v) is 3.45. The molecule has 1 aromatic rings. The van der Waals surface area contributed by atoms with Crippen LogP contribution in [0.15, 0.2) is 6.07 Å². The molecular weight excluding hydrogens is 266 g/mol. The van der Waals surface area contributed by atoms with Gasteiger partial charge in [0.05, 0.1) is 5.02 Å². The van der Waals surface area contributed by atoms with Gasteiger partial charge in [-0.15, -0.1) is 0 Å². The monoisotopic (exact) mass is 268 g/mol. The number of carbonyl (C=O) groups excluding carboxylic acids is 2. The lowest BCUT2D eigenvalue weighted by Gasteiger charge is -2.04. The first-order valence-electron chi connectivity index (χ1n) is 3.45. The van der Waals surface area contributed by atoms with Gasteiger partial charge in [-0.3, -0.25) is 0 Å². The Balaban J connectivity index is 3.14.